The van der Waals surface area contributed by atoms with E-state index in [2.05, 4.69) is 28.1 Å². The van der Waals surface area contributed by atoms with E-state index in [4.69, 9.17) is 15.2 Å². The fraction of sp³-hybridized carbons (Fsp3) is 0.333. The van der Waals surface area contributed by atoms with E-state index in [1.807, 2.05) is 58.0 Å². The minimum absolute atomic E-state index is 0.0131. The maximum absolute atomic E-state index is 13.3. The van der Waals surface area contributed by atoms with Gasteiger partial charge in [-0.05, 0) is 65.8 Å². The second-order valence-corrected chi connectivity index (χ2v) is 10.5. The Morgan fingerprint density at radius 1 is 1.18 bits per heavy atom. The lowest BCUT2D eigenvalue weighted by atomic mass is 9.69. The third-order valence-corrected chi connectivity index (χ3v) is 6.85. The molecular formula is C27H27BrN2O3. The van der Waals surface area contributed by atoms with Crippen LogP contribution in [0.5, 0.6) is 5.75 Å². The molecule has 1 unspecified atom stereocenters. The van der Waals surface area contributed by atoms with E-state index < -0.39 is 5.92 Å². The van der Waals surface area contributed by atoms with Crippen LogP contribution in [0.25, 0.3) is 0 Å². The van der Waals surface area contributed by atoms with Crippen LogP contribution in [0.2, 0.25) is 0 Å². The predicted octanol–water partition coefficient (Wildman–Crippen LogP) is 6.10. The van der Waals surface area contributed by atoms with E-state index in [0.29, 0.717) is 30.8 Å². The lowest BCUT2D eigenvalue weighted by Gasteiger charge is -2.37. The van der Waals surface area contributed by atoms with Gasteiger partial charge >= 0.3 is 0 Å². The second kappa shape index (κ2) is 8.72. The van der Waals surface area contributed by atoms with E-state index >= 15 is 0 Å². The molecule has 0 saturated carbocycles. The molecule has 0 radical (unpaired) electrons. The molecule has 0 aromatic heterocycles. The van der Waals surface area contributed by atoms with Gasteiger partial charge in [0, 0.05) is 22.9 Å². The number of benzene rings is 2. The molecule has 2 aromatic rings. The van der Waals surface area contributed by atoms with E-state index in [1.165, 1.54) is 0 Å². The number of ketones is 1. The van der Waals surface area contributed by atoms with Gasteiger partial charge < -0.3 is 15.2 Å². The summed E-state index contributed by atoms with van der Waals surface area (Å²) in [5, 5.41) is 9.93. The van der Waals surface area contributed by atoms with E-state index in [-0.39, 0.29) is 22.7 Å². The van der Waals surface area contributed by atoms with Crippen molar-refractivity contribution in [2.75, 3.05) is 0 Å². The number of aryl methyl sites for hydroxylation is 2. The molecule has 2 N–H and O–H groups in total. The molecule has 1 heterocycles. The van der Waals surface area contributed by atoms with Crippen molar-refractivity contribution in [1.29, 1.82) is 5.26 Å². The number of allylic oxidation sites excluding steroid dienone is 3. The Balaban J connectivity index is 1.77. The zero-order valence-corrected chi connectivity index (χ0v) is 20.9. The summed E-state index contributed by atoms with van der Waals surface area (Å²) in [6.45, 7) is 8.50. The predicted molar refractivity (Wildman–Crippen MR) is 130 cm³/mol. The van der Waals surface area contributed by atoms with Gasteiger partial charge in [0.2, 0.25) is 5.88 Å². The third-order valence-electron chi connectivity index (χ3n) is 6.32. The van der Waals surface area contributed by atoms with Crippen LogP contribution in [-0.4, -0.2) is 5.78 Å². The van der Waals surface area contributed by atoms with Crippen LogP contribution in [0.1, 0.15) is 54.9 Å². The number of ether oxygens (including phenoxy) is 2. The van der Waals surface area contributed by atoms with Crippen LogP contribution in [0.15, 0.2) is 63.7 Å². The molecule has 5 nitrogen and oxygen atoms in total. The molecule has 6 heteroatoms. The van der Waals surface area contributed by atoms with Crippen molar-refractivity contribution >= 4 is 21.7 Å². The van der Waals surface area contributed by atoms with Crippen molar-refractivity contribution in [2.24, 2.45) is 11.1 Å². The summed E-state index contributed by atoms with van der Waals surface area (Å²) < 4.78 is 12.8. The smallest absolute Gasteiger partial charge is 0.205 e. The molecule has 33 heavy (non-hydrogen) atoms. The topological polar surface area (TPSA) is 85.3 Å². The van der Waals surface area contributed by atoms with Crippen LogP contribution in [0.3, 0.4) is 0 Å². The number of Topliss-reactive ketones (excluding diaryl/α,β-unsaturated/α-hetero) is 1. The molecule has 2 aromatic carbocycles. The van der Waals surface area contributed by atoms with Gasteiger partial charge in [-0.1, -0.05) is 41.9 Å². The summed E-state index contributed by atoms with van der Waals surface area (Å²) in [5.74, 6) is 0.917. The number of carbonyl (C=O) groups is 1. The number of nitrogens with zero attached hydrogens (tertiary/aromatic N) is 1. The molecule has 1 atom stereocenters. The van der Waals surface area contributed by atoms with Gasteiger partial charge in [0.25, 0.3) is 0 Å². The highest BCUT2D eigenvalue weighted by atomic mass is 79.9. The average molecular weight is 507 g/mol. The summed E-state index contributed by atoms with van der Waals surface area (Å²) in [4.78, 5) is 13.3. The first-order chi connectivity index (χ1) is 15.6. The lowest BCUT2D eigenvalue weighted by molar-refractivity contribution is -0.119. The molecule has 0 spiro atoms. The first kappa shape index (κ1) is 23.1. The van der Waals surface area contributed by atoms with Crippen molar-refractivity contribution < 1.29 is 14.3 Å². The van der Waals surface area contributed by atoms with Crippen LogP contribution in [0.4, 0.5) is 0 Å². The van der Waals surface area contributed by atoms with Crippen molar-refractivity contribution in [1.82, 2.24) is 0 Å². The first-order valence-electron chi connectivity index (χ1n) is 10.9. The highest BCUT2D eigenvalue weighted by Gasteiger charge is 2.43. The quantitative estimate of drug-likeness (QED) is 0.541. The number of carbonyl (C=O) groups excluding carboxylic acids is 1. The van der Waals surface area contributed by atoms with Crippen LogP contribution in [-0.2, 0) is 16.1 Å². The Kier molecular flexibility index (Phi) is 6.11. The molecule has 170 valence electrons. The molecule has 1 aliphatic carbocycles. The highest BCUT2D eigenvalue weighted by Crippen LogP contribution is 2.48. The van der Waals surface area contributed by atoms with Crippen LogP contribution in [0, 0.1) is 30.6 Å². The largest absolute Gasteiger partial charge is 0.489 e. The van der Waals surface area contributed by atoms with E-state index in [9.17, 15) is 10.1 Å². The minimum Gasteiger partial charge on any atom is -0.489 e. The summed E-state index contributed by atoms with van der Waals surface area (Å²) in [6, 6.07) is 14.0. The Bertz CT molecular complexity index is 1230. The lowest BCUT2D eigenvalue weighted by Crippen LogP contribution is -2.33. The Morgan fingerprint density at radius 2 is 1.88 bits per heavy atom. The Morgan fingerprint density at radius 3 is 2.55 bits per heavy atom. The minimum atomic E-state index is -0.533. The normalized spacial score (nSPS) is 19.6. The molecule has 1 aliphatic heterocycles. The molecular weight excluding hydrogens is 480 g/mol. The standard InChI is InChI=1S/C27H27BrN2O3/c1-15-9-16(2)20(10-17(15)14-32-19-7-5-18(28)6-8-19)24-21(13-29)26(30)33-23-12-27(3,4)11-22(31)25(23)24/h5-10,24H,11-12,14,30H2,1-4H3. The number of rotatable bonds is 4. The van der Waals surface area contributed by atoms with Crippen molar-refractivity contribution in [3.8, 4) is 11.8 Å². The van der Waals surface area contributed by atoms with Crippen molar-refractivity contribution in [2.45, 2.75) is 53.1 Å². The Hall–Kier alpha value is -3.04. The highest BCUT2D eigenvalue weighted by molar-refractivity contribution is 9.10. The monoisotopic (exact) mass is 506 g/mol. The van der Waals surface area contributed by atoms with Gasteiger partial charge in [-0.25, -0.2) is 0 Å². The number of halogens is 1. The fourth-order valence-electron chi connectivity index (χ4n) is 4.67. The van der Waals surface area contributed by atoms with E-state index in [1.54, 1.807) is 0 Å². The van der Waals surface area contributed by atoms with Gasteiger partial charge in [0.05, 0.1) is 5.92 Å². The molecule has 0 saturated heterocycles. The summed E-state index contributed by atoms with van der Waals surface area (Å²) in [6.07, 6.45) is 1.02. The van der Waals surface area contributed by atoms with Crippen LogP contribution >= 0.6 is 15.9 Å². The first-order valence-corrected chi connectivity index (χ1v) is 11.7. The summed E-state index contributed by atoms with van der Waals surface area (Å²) in [7, 11) is 0. The maximum Gasteiger partial charge on any atom is 0.205 e. The van der Waals surface area contributed by atoms with Gasteiger partial charge in [-0.2, -0.15) is 5.26 Å². The molecule has 4 rings (SSSR count). The summed E-state index contributed by atoms with van der Waals surface area (Å²) >= 11 is 3.43. The number of hydrogen-bond acceptors (Lipinski definition) is 5. The van der Waals surface area contributed by atoms with Gasteiger partial charge in [0.1, 0.15) is 29.8 Å². The fourth-order valence-corrected chi connectivity index (χ4v) is 4.93. The third kappa shape index (κ3) is 4.56. The number of nitriles is 1. The number of nitrogens with two attached hydrogens (primary N) is 1. The Labute approximate surface area is 203 Å². The van der Waals surface area contributed by atoms with Crippen molar-refractivity contribution in [3.63, 3.8) is 0 Å². The SMILES string of the molecule is Cc1cc(C)c(C2C(C#N)=C(N)OC3=C2C(=O)CC(C)(C)C3)cc1COc1ccc(Br)cc1. The van der Waals surface area contributed by atoms with Gasteiger partial charge in [-0.15, -0.1) is 0 Å². The average Bonchev–Trinajstić information content (AvgIpc) is 2.72. The second-order valence-electron chi connectivity index (χ2n) is 9.58. The van der Waals surface area contributed by atoms with Crippen LogP contribution < -0.4 is 10.5 Å². The molecule has 0 bridgehead atoms. The molecule has 0 fully saturated rings. The van der Waals surface area contributed by atoms with Crippen molar-refractivity contribution in [3.05, 3.63) is 85.9 Å². The molecule has 0 amide bonds. The number of hydrogen-bond donors (Lipinski definition) is 1. The van der Waals surface area contributed by atoms with Gasteiger partial charge in [-0.3, -0.25) is 4.79 Å². The maximum atomic E-state index is 13.3. The molecule has 2 aliphatic rings. The van der Waals surface area contributed by atoms with E-state index in [0.717, 1.165) is 32.5 Å². The zero-order valence-electron chi connectivity index (χ0n) is 19.3. The van der Waals surface area contributed by atoms with Gasteiger partial charge in [0.15, 0.2) is 5.78 Å². The zero-order chi connectivity index (χ0) is 23.9. The summed E-state index contributed by atoms with van der Waals surface area (Å²) in [5.41, 5.74) is 10.8.